The first-order valence-electron chi connectivity index (χ1n) is 4.28. The zero-order valence-electron chi connectivity index (χ0n) is 7.97. The average Bonchev–Trinajstić information content (AvgIpc) is 2.12. The highest BCUT2D eigenvalue weighted by Gasteiger charge is 2.47. The number of hydrogen-bond acceptors (Lipinski definition) is 5. The zero-order valence-corrected chi connectivity index (χ0v) is 7.97. The van der Waals surface area contributed by atoms with Gasteiger partial charge in [0.25, 0.3) is 0 Å². The largest absolute Gasteiger partial charge is 0.358 e. The van der Waals surface area contributed by atoms with Crippen molar-refractivity contribution in [2.45, 2.75) is 18.0 Å². The maximum Gasteiger partial charge on any atom is 0.245 e. The zero-order chi connectivity index (χ0) is 10.8. The molecule has 0 aromatic heterocycles. The molecule has 1 rings (SSSR count). The van der Waals surface area contributed by atoms with Crippen LogP contribution >= 0.6 is 0 Å². The summed E-state index contributed by atoms with van der Waals surface area (Å²) < 4.78 is 4.66. The van der Waals surface area contributed by atoms with Crippen molar-refractivity contribution in [1.29, 1.82) is 0 Å². The molecule has 0 spiro atoms. The van der Waals surface area contributed by atoms with Crippen LogP contribution in [0.4, 0.5) is 0 Å². The Kier molecular flexibility index (Phi) is 3.08. The van der Waals surface area contributed by atoms with Gasteiger partial charge in [0.1, 0.15) is 0 Å². The second kappa shape index (κ2) is 3.80. The maximum absolute atomic E-state index is 9.71. The lowest BCUT2D eigenvalue weighted by atomic mass is 9.94. The van der Waals surface area contributed by atoms with Crippen LogP contribution in [0, 0.1) is 0 Å². The van der Waals surface area contributed by atoms with Gasteiger partial charge < -0.3 is 25.8 Å². The number of nitrogens with two attached hydrogens (primary N) is 1. The molecule has 0 bridgehead atoms. The fourth-order valence-electron chi connectivity index (χ4n) is 1.28. The molecule has 1 aliphatic rings. The van der Waals surface area contributed by atoms with Gasteiger partial charge in [-0.15, -0.1) is 0 Å². The van der Waals surface area contributed by atoms with Crippen molar-refractivity contribution in [1.82, 2.24) is 0 Å². The fraction of sp³-hybridized carbons (Fsp3) is 0.556. The normalized spacial score (nSPS) is 30.2. The number of hydrogen-bond donors (Lipinski definition) is 4. The SMILES string of the molecule is COC1(O)C=C(CCN)C=CC1(O)O. The third-order valence-corrected chi connectivity index (χ3v) is 2.18. The fourth-order valence-corrected chi connectivity index (χ4v) is 1.28. The van der Waals surface area contributed by atoms with Gasteiger partial charge in [-0.1, -0.05) is 6.08 Å². The van der Waals surface area contributed by atoms with E-state index in [4.69, 9.17) is 5.73 Å². The number of ether oxygens (including phenoxy) is 1. The summed E-state index contributed by atoms with van der Waals surface area (Å²) in [5, 5.41) is 28.5. The van der Waals surface area contributed by atoms with E-state index < -0.39 is 11.6 Å². The van der Waals surface area contributed by atoms with E-state index in [1.165, 1.54) is 19.3 Å². The average molecular weight is 201 g/mol. The van der Waals surface area contributed by atoms with Crippen LogP contribution in [0.5, 0.6) is 0 Å². The lowest BCUT2D eigenvalue weighted by Gasteiger charge is -2.36. The highest BCUT2D eigenvalue weighted by atomic mass is 16.7. The van der Waals surface area contributed by atoms with Crippen LogP contribution in [-0.4, -0.2) is 40.5 Å². The molecule has 0 radical (unpaired) electrons. The summed E-state index contributed by atoms with van der Waals surface area (Å²) in [6.45, 7) is 0.416. The molecule has 5 heteroatoms. The molecule has 14 heavy (non-hydrogen) atoms. The molecule has 0 aliphatic heterocycles. The van der Waals surface area contributed by atoms with Crippen LogP contribution in [0.2, 0.25) is 0 Å². The van der Waals surface area contributed by atoms with E-state index in [1.54, 1.807) is 0 Å². The van der Waals surface area contributed by atoms with E-state index in [0.717, 1.165) is 6.08 Å². The molecule has 1 unspecified atom stereocenters. The van der Waals surface area contributed by atoms with Crippen molar-refractivity contribution < 1.29 is 20.1 Å². The third kappa shape index (κ3) is 1.87. The molecule has 1 aliphatic carbocycles. The summed E-state index contributed by atoms with van der Waals surface area (Å²) in [5.41, 5.74) is 6.04. The second-order valence-corrected chi connectivity index (χ2v) is 3.22. The Balaban J connectivity index is 2.95. The van der Waals surface area contributed by atoms with Gasteiger partial charge in [-0.2, -0.15) is 0 Å². The van der Waals surface area contributed by atoms with E-state index in [9.17, 15) is 15.3 Å². The van der Waals surface area contributed by atoms with Gasteiger partial charge in [0, 0.05) is 7.11 Å². The van der Waals surface area contributed by atoms with Gasteiger partial charge in [0.05, 0.1) is 0 Å². The van der Waals surface area contributed by atoms with E-state index >= 15 is 0 Å². The second-order valence-electron chi connectivity index (χ2n) is 3.22. The monoisotopic (exact) mass is 201 g/mol. The predicted molar refractivity (Wildman–Crippen MR) is 50.0 cm³/mol. The minimum Gasteiger partial charge on any atom is -0.358 e. The van der Waals surface area contributed by atoms with Crippen LogP contribution < -0.4 is 5.73 Å². The first kappa shape index (κ1) is 11.4. The summed E-state index contributed by atoms with van der Waals surface area (Å²) in [6.07, 6.45) is 4.36. The van der Waals surface area contributed by atoms with Gasteiger partial charge in [0.2, 0.25) is 11.6 Å². The molecule has 0 aromatic rings. The number of aliphatic hydroxyl groups is 3. The van der Waals surface area contributed by atoms with E-state index in [1.807, 2.05) is 0 Å². The summed E-state index contributed by atoms with van der Waals surface area (Å²) in [5.74, 6) is -4.51. The lowest BCUT2D eigenvalue weighted by Crippen LogP contribution is -2.54. The van der Waals surface area contributed by atoms with Gasteiger partial charge in [0.15, 0.2) is 0 Å². The first-order chi connectivity index (χ1) is 6.45. The highest BCUT2D eigenvalue weighted by molar-refractivity contribution is 5.31. The summed E-state index contributed by atoms with van der Waals surface area (Å²) in [6, 6.07) is 0. The van der Waals surface area contributed by atoms with E-state index in [2.05, 4.69) is 4.74 Å². The van der Waals surface area contributed by atoms with Crippen LogP contribution in [0.1, 0.15) is 6.42 Å². The Morgan fingerprint density at radius 3 is 2.57 bits per heavy atom. The molecular weight excluding hydrogens is 186 g/mol. The molecule has 5 nitrogen and oxygen atoms in total. The molecule has 1 atom stereocenters. The third-order valence-electron chi connectivity index (χ3n) is 2.18. The minimum atomic E-state index is -2.40. The summed E-state index contributed by atoms with van der Waals surface area (Å²) >= 11 is 0. The predicted octanol–water partition coefficient (Wildman–Crippen LogP) is -1.15. The van der Waals surface area contributed by atoms with Crippen molar-refractivity contribution in [2.75, 3.05) is 13.7 Å². The molecule has 0 aromatic carbocycles. The lowest BCUT2D eigenvalue weighted by molar-refractivity contribution is -0.318. The van der Waals surface area contributed by atoms with Crippen LogP contribution in [-0.2, 0) is 4.74 Å². The molecule has 5 N–H and O–H groups in total. The molecule has 0 fully saturated rings. The Hall–Kier alpha value is -0.720. The standard InChI is InChI=1S/C9H15NO4/c1-14-9(13)6-7(3-5-10)2-4-8(9,11)12/h2,4,6,11-13H,3,5,10H2,1H3. The summed E-state index contributed by atoms with van der Waals surface area (Å²) in [7, 11) is 1.19. The topological polar surface area (TPSA) is 95.9 Å². The summed E-state index contributed by atoms with van der Waals surface area (Å²) in [4.78, 5) is 0. The van der Waals surface area contributed by atoms with Crippen LogP contribution in [0.25, 0.3) is 0 Å². The Morgan fingerprint density at radius 2 is 2.07 bits per heavy atom. The molecule has 0 saturated heterocycles. The number of rotatable bonds is 3. The molecule has 0 amide bonds. The number of allylic oxidation sites excluding steroid dienone is 1. The van der Waals surface area contributed by atoms with Crippen LogP contribution in [0.15, 0.2) is 23.8 Å². The quantitative estimate of drug-likeness (QED) is 0.432. The molecule has 80 valence electrons. The Labute approximate surface area is 82.1 Å². The maximum atomic E-state index is 9.71. The van der Waals surface area contributed by atoms with Crippen LogP contribution in [0.3, 0.4) is 0 Å². The van der Waals surface area contributed by atoms with Crippen molar-refractivity contribution >= 4 is 0 Å². The van der Waals surface area contributed by atoms with Gasteiger partial charge in [-0.05, 0) is 30.7 Å². The Morgan fingerprint density at radius 1 is 1.43 bits per heavy atom. The molecule has 0 heterocycles. The molecular formula is C9H15NO4. The highest BCUT2D eigenvalue weighted by Crippen LogP contribution is 2.30. The van der Waals surface area contributed by atoms with Crippen molar-refractivity contribution in [3.8, 4) is 0 Å². The Bertz CT molecular complexity index is 272. The minimum absolute atomic E-state index is 0.416. The van der Waals surface area contributed by atoms with Crippen molar-refractivity contribution in [3.63, 3.8) is 0 Å². The van der Waals surface area contributed by atoms with E-state index in [0.29, 0.717) is 18.5 Å². The van der Waals surface area contributed by atoms with Gasteiger partial charge >= 0.3 is 0 Å². The van der Waals surface area contributed by atoms with Crippen molar-refractivity contribution in [3.05, 3.63) is 23.8 Å². The van der Waals surface area contributed by atoms with E-state index in [-0.39, 0.29) is 0 Å². The number of methoxy groups -OCH3 is 1. The van der Waals surface area contributed by atoms with Crippen molar-refractivity contribution in [2.24, 2.45) is 5.73 Å². The molecule has 0 saturated carbocycles. The first-order valence-corrected chi connectivity index (χ1v) is 4.28. The van der Waals surface area contributed by atoms with Gasteiger partial charge in [-0.3, -0.25) is 0 Å². The smallest absolute Gasteiger partial charge is 0.245 e. The van der Waals surface area contributed by atoms with Gasteiger partial charge in [-0.25, -0.2) is 0 Å².